The summed E-state index contributed by atoms with van der Waals surface area (Å²) < 4.78 is 0. The Bertz CT molecular complexity index is 284. The summed E-state index contributed by atoms with van der Waals surface area (Å²) in [5.41, 5.74) is 0.914. The average Bonchev–Trinajstić information content (AvgIpc) is 2.17. The summed E-state index contributed by atoms with van der Waals surface area (Å²) in [4.78, 5) is 12.4. The molecule has 13 heavy (non-hydrogen) atoms. The van der Waals surface area contributed by atoms with E-state index in [-0.39, 0.29) is 0 Å². The minimum Gasteiger partial charge on any atom is -0.480 e. The highest BCUT2D eigenvalue weighted by Gasteiger charge is 2.16. The van der Waals surface area contributed by atoms with Crippen LogP contribution >= 0.6 is 0 Å². The summed E-state index contributed by atoms with van der Waals surface area (Å²) in [5.74, 6) is -0.814. The lowest BCUT2D eigenvalue weighted by atomic mass is 10.2. The van der Waals surface area contributed by atoms with Crippen LogP contribution < -0.4 is 4.90 Å². The van der Waals surface area contributed by atoms with Gasteiger partial charge in [0.25, 0.3) is 0 Å². The lowest BCUT2D eigenvalue weighted by Crippen LogP contribution is -2.35. The topological polar surface area (TPSA) is 40.5 Å². The average molecular weight is 179 g/mol. The normalized spacial score (nSPS) is 12.2. The third kappa shape index (κ3) is 2.21. The molecule has 1 aromatic carbocycles. The van der Waals surface area contributed by atoms with Crippen molar-refractivity contribution in [2.24, 2.45) is 0 Å². The molecule has 1 aromatic rings. The summed E-state index contributed by atoms with van der Waals surface area (Å²) in [6, 6.07) is 8.96. The second-order valence-electron chi connectivity index (χ2n) is 2.96. The molecule has 0 aliphatic heterocycles. The number of likely N-dealkylation sites (N-methyl/N-ethyl adjacent to an activating group) is 1. The number of carboxylic acids is 1. The first-order valence-electron chi connectivity index (χ1n) is 4.13. The van der Waals surface area contributed by atoms with Gasteiger partial charge in [0.2, 0.25) is 0 Å². The van der Waals surface area contributed by atoms with Gasteiger partial charge in [0.05, 0.1) is 0 Å². The first kappa shape index (κ1) is 9.58. The Labute approximate surface area is 77.6 Å². The zero-order valence-electron chi connectivity index (χ0n) is 7.77. The van der Waals surface area contributed by atoms with Gasteiger partial charge in [-0.25, -0.2) is 4.79 Å². The Morgan fingerprint density at radius 3 is 2.38 bits per heavy atom. The van der Waals surface area contributed by atoms with Crippen LogP contribution in [-0.4, -0.2) is 24.2 Å². The van der Waals surface area contributed by atoms with E-state index in [4.69, 9.17) is 5.11 Å². The van der Waals surface area contributed by atoms with Crippen LogP contribution in [0.15, 0.2) is 30.3 Å². The first-order valence-corrected chi connectivity index (χ1v) is 4.13. The number of hydrogen-bond donors (Lipinski definition) is 1. The number of aliphatic carboxylic acids is 1. The number of para-hydroxylation sites is 1. The van der Waals surface area contributed by atoms with Gasteiger partial charge in [-0.1, -0.05) is 18.2 Å². The van der Waals surface area contributed by atoms with Crippen LogP contribution in [0.2, 0.25) is 0 Å². The molecular weight excluding hydrogens is 166 g/mol. The summed E-state index contributed by atoms with van der Waals surface area (Å²) in [6.07, 6.45) is 0. The number of rotatable bonds is 3. The SMILES string of the molecule is C[C@H](C(=O)O)N(C)c1ccccc1. The maximum Gasteiger partial charge on any atom is 0.326 e. The fourth-order valence-electron chi connectivity index (χ4n) is 1.05. The molecule has 0 heterocycles. The molecule has 0 amide bonds. The molecule has 0 bridgehead atoms. The zero-order chi connectivity index (χ0) is 9.84. The highest BCUT2D eigenvalue weighted by Crippen LogP contribution is 2.13. The van der Waals surface area contributed by atoms with Crippen LogP contribution in [0.3, 0.4) is 0 Å². The molecular formula is C10H13NO2. The Kier molecular flexibility index (Phi) is 2.90. The number of hydrogen-bond acceptors (Lipinski definition) is 2. The molecule has 3 nitrogen and oxygen atoms in total. The molecule has 1 N–H and O–H groups in total. The van der Waals surface area contributed by atoms with Crippen molar-refractivity contribution in [1.29, 1.82) is 0 Å². The molecule has 0 spiro atoms. The quantitative estimate of drug-likeness (QED) is 0.766. The lowest BCUT2D eigenvalue weighted by molar-refractivity contribution is -0.138. The van der Waals surface area contributed by atoms with Crippen LogP contribution in [0.5, 0.6) is 0 Å². The maximum absolute atomic E-state index is 10.7. The lowest BCUT2D eigenvalue weighted by Gasteiger charge is -2.23. The van der Waals surface area contributed by atoms with Crippen LogP contribution in [-0.2, 0) is 4.79 Å². The van der Waals surface area contributed by atoms with E-state index in [0.29, 0.717) is 0 Å². The number of nitrogens with zero attached hydrogens (tertiary/aromatic N) is 1. The molecule has 0 aliphatic rings. The van der Waals surface area contributed by atoms with Crippen molar-refractivity contribution < 1.29 is 9.90 Å². The van der Waals surface area contributed by atoms with E-state index in [9.17, 15) is 4.79 Å². The third-order valence-electron chi connectivity index (χ3n) is 2.10. The second-order valence-corrected chi connectivity index (χ2v) is 2.96. The molecule has 0 aliphatic carbocycles. The largest absolute Gasteiger partial charge is 0.480 e. The van der Waals surface area contributed by atoms with E-state index in [0.717, 1.165) is 5.69 Å². The fourth-order valence-corrected chi connectivity index (χ4v) is 1.05. The minimum absolute atomic E-state index is 0.498. The molecule has 1 atom stereocenters. The van der Waals surface area contributed by atoms with Crippen LogP contribution in [0, 0.1) is 0 Å². The summed E-state index contributed by atoms with van der Waals surface area (Å²) in [6.45, 7) is 1.66. The van der Waals surface area contributed by atoms with E-state index in [1.54, 1.807) is 18.9 Å². The van der Waals surface area contributed by atoms with E-state index in [1.165, 1.54) is 0 Å². The van der Waals surface area contributed by atoms with Gasteiger partial charge in [-0.15, -0.1) is 0 Å². The monoisotopic (exact) mass is 179 g/mol. The number of carbonyl (C=O) groups is 1. The standard InChI is InChI=1S/C10H13NO2/c1-8(10(12)13)11(2)9-6-4-3-5-7-9/h3-8H,1-2H3,(H,12,13)/t8-/m1/s1. The van der Waals surface area contributed by atoms with Crippen molar-refractivity contribution in [3.8, 4) is 0 Å². The minimum atomic E-state index is -0.814. The van der Waals surface area contributed by atoms with Crippen molar-refractivity contribution in [3.05, 3.63) is 30.3 Å². The Balaban J connectivity index is 2.79. The summed E-state index contributed by atoms with van der Waals surface area (Å²) in [7, 11) is 1.77. The molecule has 0 radical (unpaired) electrons. The molecule has 3 heteroatoms. The van der Waals surface area contributed by atoms with Crippen molar-refractivity contribution >= 4 is 11.7 Å². The summed E-state index contributed by atoms with van der Waals surface area (Å²) >= 11 is 0. The fraction of sp³-hybridized carbons (Fsp3) is 0.300. The van der Waals surface area contributed by atoms with Gasteiger partial charge in [-0.3, -0.25) is 0 Å². The predicted octanol–water partition coefficient (Wildman–Crippen LogP) is 1.60. The second kappa shape index (κ2) is 3.94. The predicted molar refractivity (Wildman–Crippen MR) is 51.9 cm³/mol. The van der Waals surface area contributed by atoms with E-state index in [1.807, 2.05) is 30.3 Å². The molecule has 70 valence electrons. The van der Waals surface area contributed by atoms with Crippen molar-refractivity contribution in [2.75, 3.05) is 11.9 Å². The third-order valence-corrected chi connectivity index (χ3v) is 2.10. The molecule has 0 saturated carbocycles. The van der Waals surface area contributed by atoms with Crippen molar-refractivity contribution in [3.63, 3.8) is 0 Å². The number of anilines is 1. The number of carboxylic acid groups (broad SMARTS) is 1. The number of benzene rings is 1. The van der Waals surface area contributed by atoms with Crippen LogP contribution in [0.25, 0.3) is 0 Å². The van der Waals surface area contributed by atoms with E-state index in [2.05, 4.69) is 0 Å². The van der Waals surface area contributed by atoms with Gasteiger partial charge in [0.15, 0.2) is 0 Å². The van der Waals surface area contributed by atoms with Gasteiger partial charge in [0.1, 0.15) is 6.04 Å². The molecule has 0 aromatic heterocycles. The molecule has 0 unspecified atom stereocenters. The van der Waals surface area contributed by atoms with Crippen molar-refractivity contribution in [1.82, 2.24) is 0 Å². The maximum atomic E-state index is 10.7. The molecule has 0 fully saturated rings. The van der Waals surface area contributed by atoms with Gasteiger partial charge in [0, 0.05) is 12.7 Å². The van der Waals surface area contributed by atoms with Crippen molar-refractivity contribution in [2.45, 2.75) is 13.0 Å². The Hall–Kier alpha value is -1.51. The Morgan fingerprint density at radius 2 is 1.92 bits per heavy atom. The smallest absolute Gasteiger partial charge is 0.326 e. The highest BCUT2D eigenvalue weighted by atomic mass is 16.4. The van der Waals surface area contributed by atoms with Gasteiger partial charge >= 0.3 is 5.97 Å². The van der Waals surface area contributed by atoms with E-state index >= 15 is 0 Å². The summed E-state index contributed by atoms with van der Waals surface area (Å²) in [5, 5.41) is 8.77. The molecule has 0 saturated heterocycles. The molecule has 1 rings (SSSR count). The first-order chi connectivity index (χ1) is 6.13. The zero-order valence-corrected chi connectivity index (χ0v) is 7.77. The van der Waals surface area contributed by atoms with E-state index < -0.39 is 12.0 Å². The van der Waals surface area contributed by atoms with Crippen LogP contribution in [0.1, 0.15) is 6.92 Å². The van der Waals surface area contributed by atoms with Gasteiger partial charge in [-0.05, 0) is 19.1 Å². The van der Waals surface area contributed by atoms with Crippen LogP contribution in [0.4, 0.5) is 5.69 Å². The van der Waals surface area contributed by atoms with Gasteiger partial charge in [-0.2, -0.15) is 0 Å². The Morgan fingerprint density at radius 1 is 1.38 bits per heavy atom. The highest BCUT2D eigenvalue weighted by molar-refractivity contribution is 5.77. The van der Waals surface area contributed by atoms with Gasteiger partial charge < -0.3 is 10.0 Å².